The van der Waals surface area contributed by atoms with Gasteiger partial charge in [-0.05, 0) is 30.7 Å². The molecule has 0 aliphatic rings. The van der Waals surface area contributed by atoms with Crippen LogP contribution in [0.5, 0.6) is 0 Å². The predicted molar refractivity (Wildman–Crippen MR) is 95.9 cm³/mol. The first-order chi connectivity index (χ1) is 11.2. The normalized spacial score (nSPS) is 10.5. The Balaban J connectivity index is 1.58. The van der Waals surface area contributed by atoms with Crippen LogP contribution in [-0.4, -0.2) is 21.6 Å². The molecule has 1 N–H and O–H groups in total. The van der Waals surface area contributed by atoms with Crippen molar-refractivity contribution >= 4 is 34.1 Å². The summed E-state index contributed by atoms with van der Waals surface area (Å²) in [5.74, 6) is 0.317. The fraction of sp³-hybridized carbons (Fsp3) is 0.118. The third-order valence-electron chi connectivity index (χ3n) is 3.16. The van der Waals surface area contributed by atoms with Crippen molar-refractivity contribution in [3.8, 4) is 11.3 Å². The average molecular weight is 341 g/mol. The van der Waals surface area contributed by atoms with E-state index in [2.05, 4.69) is 15.3 Å². The lowest BCUT2D eigenvalue weighted by atomic mass is 10.2. The van der Waals surface area contributed by atoms with Gasteiger partial charge in [-0.1, -0.05) is 18.2 Å². The maximum absolute atomic E-state index is 12.1. The van der Waals surface area contributed by atoms with Gasteiger partial charge in [-0.2, -0.15) is 0 Å². The molecule has 0 fully saturated rings. The molecule has 116 valence electrons. The van der Waals surface area contributed by atoms with Crippen molar-refractivity contribution < 1.29 is 4.79 Å². The summed E-state index contributed by atoms with van der Waals surface area (Å²) in [6, 6.07) is 11.9. The van der Waals surface area contributed by atoms with Crippen LogP contribution in [0.25, 0.3) is 11.3 Å². The van der Waals surface area contributed by atoms with Gasteiger partial charge in [-0.15, -0.1) is 23.1 Å². The van der Waals surface area contributed by atoms with Crippen LogP contribution in [0.3, 0.4) is 0 Å². The number of anilines is 1. The van der Waals surface area contributed by atoms with E-state index in [-0.39, 0.29) is 5.91 Å². The highest BCUT2D eigenvalue weighted by Crippen LogP contribution is 2.25. The number of thiazole rings is 1. The van der Waals surface area contributed by atoms with Crippen LogP contribution in [0.15, 0.2) is 59.1 Å². The number of thioether (sulfide) groups is 1. The minimum Gasteiger partial charge on any atom is -0.301 e. The van der Waals surface area contributed by atoms with Crippen LogP contribution >= 0.6 is 23.1 Å². The fourth-order valence-corrected chi connectivity index (χ4v) is 3.56. The molecule has 0 saturated carbocycles. The van der Waals surface area contributed by atoms with E-state index in [0.29, 0.717) is 10.9 Å². The smallest absolute Gasteiger partial charge is 0.236 e. The highest BCUT2D eigenvalue weighted by atomic mass is 32.2. The quantitative estimate of drug-likeness (QED) is 0.705. The second-order valence-corrected chi connectivity index (χ2v) is 6.76. The van der Waals surface area contributed by atoms with Gasteiger partial charge in [-0.25, -0.2) is 4.98 Å². The summed E-state index contributed by atoms with van der Waals surface area (Å²) < 4.78 is 0. The number of nitrogens with zero attached hydrogens (tertiary/aromatic N) is 2. The maximum atomic E-state index is 12.1. The average Bonchev–Trinajstić information content (AvgIpc) is 3.03. The Morgan fingerprint density at radius 1 is 1.26 bits per heavy atom. The lowest BCUT2D eigenvalue weighted by Gasteiger charge is -2.04. The number of benzene rings is 1. The first-order valence-electron chi connectivity index (χ1n) is 7.06. The summed E-state index contributed by atoms with van der Waals surface area (Å²) in [5.41, 5.74) is 2.95. The number of aryl methyl sites for hydroxylation is 1. The Morgan fingerprint density at radius 3 is 2.91 bits per heavy atom. The number of aromatic nitrogens is 2. The van der Waals surface area contributed by atoms with Crippen molar-refractivity contribution in [2.45, 2.75) is 11.8 Å². The van der Waals surface area contributed by atoms with Crippen molar-refractivity contribution in [3.05, 3.63) is 59.7 Å². The summed E-state index contributed by atoms with van der Waals surface area (Å²) in [5, 5.41) is 5.38. The molecule has 6 heteroatoms. The van der Waals surface area contributed by atoms with Crippen molar-refractivity contribution in [2.75, 3.05) is 11.1 Å². The van der Waals surface area contributed by atoms with E-state index in [1.165, 1.54) is 28.7 Å². The minimum absolute atomic E-state index is 0.0506. The van der Waals surface area contributed by atoms with Gasteiger partial charge in [0, 0.05) is 28.2 Å². The zero-order valence-corrected chi connectivity index (χ0v) is 14.2. The van der Waals surface area contributed by atoms with E-state index in [1.807, 2.05) is 48.7 Å². The molecule has 0 atom stereocenters. The monoisotopic (exact) mass is 341 g/mol. The summed E-state index contributed by atoms with van der Waals surface area (Å²) in [4.78, 5) is 21.7. The molecular weight excluding hydrogens is 326 g/mol. The van der Waals surface area contributed by atoms with Gasteiger partial charge in [0.15, 0.2) is 5.13 Å². The Hall–Kier alpha value is -2.18. The van der Waals surface area contributed by atoms with Crippen molar-refractivity contribution in [3.63, 3.8) is 0 Å². The number of rotatable bonds is 5. The number of hydrogen-bond donors (Lipinski definition) is 1. The molecule has 23 heavy (non-hydrogen) atoms. The lowest BCUT2D eigenvalue weighted by molar-refractivity contribution is -0.113. The van der Waals surface area contributed by atoms with Gasteiger partial charge in [0.2, 0.25) is 5.91 Å². The second-order valence-electron chi connectivity index (χ2n) is 4.88. The largest absolute Gasteiger partial charge is 0.301 e. The lowest BCUT2D eigenvalue weighted by Crippen LogP contribution is -2.13. The third-order valence-corrected chi connectivity index (χ3v) is 5.09. The molecule has 0 saturated heterocycles. The second kappa shape index (κ2) is 7.39. The third kappa shape index (κ3) is 4.18. The van der Waals surface area contributed by atoms with Gasteiger partial charge >= 0.3 is 0 Å². The van der Waals surface area contributed by atoms with Crippen molar-refractivity contribution in [1.29, 1.82) is 0 Å². The highest BCUT2D eigenvalue weighted by molar-refractivity contribution is 8.00. The van der Waals surface area contributed by atoms with E-state index in [4.69, 9.17) is 0 Å². The number of carbonyl (C=O) groups excluding carboxylic acids is 1. The van der Waals surface area contributed by atoms with Crippen LogP contribution in [0, 0.1) is 6.92 Å². The Morgan fingerprint density at radius 2 is 2.13 bits per heavy atom. The number of nitrogens with one attached hydrogen (secondary N) is 1. The molecule has 0 radical (unpaired) electrons. The van der Waals surface area contributed by atoms with Gasteiger partial charge in [-0.3, -0.25) is 9.78 Å². The van der Waals surface area contributed by atoms with Crippen LogP contribution in [-0.2, 0) is 4.79 Å². The number of hydrogen-bond acceptors (Lipinski definition) is 5. The highest BCUT2D eigenvalue weighted by Gasteiger charge is 2.09. The fourth-order valence-electron chi connectivity index (χ4n) is 2.00. The summed E-state index contributed by atoms with van der Waals surface area (Å²) >= 11 is 2.95. The molecule has 1 aromatic carbocycles. The summed E-state index contributed by atoms with van der Waals surface area (Å²) in [6.07, 6.45) is 3.48. The van der Waals surface area contributed by atoms with Gasteiger partial charge < -0.3 is 5.32 Å². The number of amides is 1. The Kier molecular flexibility index (Phi) is 5.05. The topological polar surface area (TPSA) is 54.9 Å². The van der Waals surface area contributed by atoms with Crippen LogP contribution in [0.2, 0.25) is 0 Å². The Labute approximate surface area is 143 Å². The van der Waals surface area contributed by atoms with Crippen LogP contribution < -0.4 is 5.32 Å². The van der Waals surface area contributed by atoms with E-state index in [0.717, 1.165) is 16.2 Å². The molecule has 0 spiro atoms. The number of pyridine rings is 1. The first kappa shape index (κ1) is 15.7. The number of carbonyl (C=O) groups is 1. The Bertz CT molecular complexity index is 802. The van der Waals surface area contributed by atoms with Crippen LogP contribution in [0.1, 0.15) is 5.56 Å². The molecule has 0 bridgehead atoms. The van der Waals surface area contributed by atoms with Gasteiger partial charge in [0.05, 0.1) is 11.4 Å². The summed E-state index contributed by atoms with van der Waals surface area (Å²) in [7, 11) is 0. The minimum atomic E-state index is -0.0506. The molecule has 2 heterocycles. The molecule has 3 aromatic rings. The molecule has 3 rings (SSSR count). The molecule has 1 amide bonds. The molecule has 0 aliphatic carbocycles. The van der Waals surface area contributed by atoms with Crippen molar-refractivity contribution in [2.24, 2.45) is 0 Å². The molecule has 0 unspecified atom stereocenters. The summed E-state index contributed by atoms with van der Waals surface area (Å²) in [6.45, 7) is 2.04. The SMILES string of the molecule is Cc1ccccc1SCC(=O)Nc1nc(-c2cccnc2)cs1. The van der Waals surface area contributed by atoms with Crippen LogP contribution in [0.4, 0.5) is 5.13 Å². The first-order valence-corrected chi connectivity index (χ1v) is 8.93. The molecule has 2 aromatic heterocycles. The molecule has 4 nitrogen and oxygen atoms in total. The standard InChI is InChI=1S/C17H15N3OS2/c1-12-5-2-3-7-15(12)22-11-16(21)20-17-19-14(10-23-17)13-6-4-8-18-9-13/h2-10H,11H2,1H3,(H,19,20,21). The van der Waals surface area contributed by atoms with E-state index in [1.54, 1.807) is 12.4 Å². The zero-order valence-electron chi connectivity index (χ0n) is 12.5. The van der Waals surface area contributed by atoms with E-state index in [9.17, 15) is 4.79 Å². The van der Waals surface area contributed by atoms with Crippen molar-refractivity contribution in [1.82, 2.24) is 9.97 Å². The molecule has 0 aliphatic heterocycles. The maximum Gasteiger partial charge on any atom is 0.236 e. The van der Waals surface area contributed by atoms with E-state index >= 15 is 0 Å². The zero-order chi connectivity index (χ0) is 16.1. The van der Waals surface area contributed by atoms with E-state index < -0.39 is 0 Å². The predicted octanol–water partition coefficient (Wildman–Crippen LogP) is 4.24. The molecular formula is C17H15N3OS2. The van der Waals surface area contributed by atoms with Gasteiger partial charge in [0.1, 0.15) is 0 Å². The van der Waals surface area contributed by atoms with Gasteiger partial charge in [0.25, 0.3) is 0 Å².